The summed E-state index contributed by atoms with van der Waals surface area (Å²) in [7, 11) is 32.9. The lowest BCUT2D eigenvalue weighted by molar-refractivity contribution is 0.227. The van der Waals surface area contributed by atoms with Gasteiger partial charge in [0, 0.05) is 52.4 Å². The van der Waals surface area contributed by atoms with Gasteiger partial charge in [-0.1, -0.05) is 52.0 Å². The minimum absolute atomic E-state index is 0. The van der Waals surface area contributed by atoms with Crippen molar-refractivity contribution in [2.75, 3.05) is 218 Å². The number of hydrogen-bond donors (Lipinski definition) is 0. The fourth-order valence-electron chi connectivity index (χ4n) is 8.64. The molecule has 484 valence electrons. The fourth-order valence-corrected chi connectivity index (χ4v) is 8.64. The zero-order chi connectivity index (χ0) is 62.1. The molecule has 0 saturated heterocycles. The van der Waals surface area contributed by atoms with Gasteiger partial charge in [-0.3, -0.25) is 0 Å². The molecule has 0 unspecified atom stereocenters. The van der Waals surface area contributed by atoms with Crippen LogP contribution in [0.2, 0.25) is 0 Å². The van der Waals surface area contributed by atoms with Crippen molar-refractivity contribution in [1.82, 2.24) is 39.2 Å². The third-order valence-corrected chi connectivity index (χ3v) is 14.6. The summed E-state index contributed by atoms with van der Waals surface area (Å²) in [6.45, 7) is 21.2. The molecule has 0 bridgehead atoms. The normalized spacial score (nSPS) is 13.0. The average Bonchev–Trinajstić information content (AvgIpc) is 3.46. The van der Waals surface area contributed by atoms with Gasteiger partial charge in [0.25, 0.3) is 0 Å². The molecule has 4 atom stereocenters. The van der Waals surface area contributed by atoms with Crippen molar-refractivity contribution in [1.29, 1.82) is 0 Å². The van der Waals surface area contributed by atoms with E-state index in [1.807, 2.05) is 0 Å². The molecule has 4 rings (SSSR count). The standard InChI is InChI=1S/2C34H58N4O4.ClH/c2*1-27(23-29-11-13-31(39-19-15-35(3)4)33(25-29)41-21-17-37(7)8)28(2)24-30-12-14-32(40-20-16-36(5)6)34(26-30)42-22-18-38(9)10;/h2*11-14,25-28H,15-24H2,1-10H3;1H/t2*27-,28+;. The van der Waals surface area contributed by atoms with Crippen LogP contribution in [0.1, 0.15) is 49.9 Å². The monoisotopic (exact) mass is 1210 g/mol. The van der Waals surface area contributed by atoms with E-state index in [-0.39, 0.29) is 12.4 Å². The van der Waals surface area contributed by atoms with Gasteiger partial charge >= 0.3 is 0 Å². The number of hydrogen-bond acceptors (Lipinski definition) is 16. The lowest BCUT2D eigenvalue weighted by Crippen LogP contribution is -2.21. The van der Waals surface area contributed by atoms with Crippen molar-refractivity contribution >= 4 is 12.4 Å². The smallest absolute Gasteiger partial charge is 0.161 e. The average molecular weight is 1210 g/mol. The zero-order valence-corrected chi connectivity index (χ0v) is 57.4. The van der Waals surface area contributed by atoms with Gasteiger partial charge in [0.1, 0.15) is 52.9 Å². The second-order valence-corrected chi connectivity index (χ2v) is 25.1. The Labute approximate surface area is 523 Å². The van der Waals surface area contributed by atoms with E-state index in [9.17, 15) is 0 Å². The van der Waals surface area contributed by atoms with E-state index < -0.39 is 0 Å². The summed E-state index contributed by atoms with van der Waals surface area (Å²) in [5.41, 5.74) is 5.08. The molecule has 85 heavy (non-hydrogen) atoms. The highest BCUT2D eigenvalue weighted by molar-refractivity contribution is 5.85. The topological polar surface area (TPSA) is 99.8 Å². The van der Waals surface area contributed by atoms with Crippen molar-refractivity contribution in [3.8, 4) is 46.0 Å². The Morgan fingerprint density at radius 1 is 0.235 bits per heavy atom. The van der Waals surface area contributed by atoms with Crippen molar-refractivity contribution < 1.29 is 37.9 Å². The van der Waals surface area contributed by atoms with Crippen LogP contribution in [-0.4, -0.2) is 257 Å². The van der Waals surface area contributed by atoms with Crippen LogP contribution in [0.25, 0.3) is 0 Å². The predicted octanol–water partition coefficient (Wildman–Crippen LogP) is 9.43. The fraction of sp³-hybridized carbons (Fsp3) is 0.647. The van der Waals surface area contributed by atoms with E-state index in [4.69, 9.17) is 37.9 Å². The first kappa shape index (κ1) is 76.3. The summed E-state index contributed by atoms with van der Waals surface area (Å²) in [5, 5.41) is 0. The Morgan fingerprint density at radius 3 is 0.518 bits per heavy atom. The molecule has 4 aromatic rings. The van der Waals surface area contributed by atoms with E-state index in [0.29, 0.717) is 76.5 Å². The molecule has 0 radical (unpaired) electrons. The molecule has 0 amide bonds. The van der Waals surface area contributed by atoms with Crippen LogP contribution >= 0.6 is 12.4 Å². The molecule has 0 aromatic heterocycles. The molecule has 16 nitrogen and oxygen atoms in total. The van der Waals surface area contributed by atoms with Gasteiger partial charge in [0.2, 0.25) is 0 Å². The summed E-state index contributed by atoms with van der Waals surface area (Å²) in [6, 6.07) is 25.7. The van der Waals surface area contributed by atoms with Crippen LogP contribution < -0.4 is 37.9 Å². The minimum atomic E-state index is 0. The van der Waals surface area contributed by atoms with Crippen LogP contribution in [0.15, 0.2) is 72.8 Å². The number of halogens is 1. The maximum atomic E-state index is 6.18. The number of ether oxygens (including phenoxy) is 8. The Kier molecular flexibility index (Phi) is 37.9. The number of rotatable bonds is 42. The maximum Gasteiger partial charge on any atom is 0.161 e. The second kappa shape index (κ2) is 42.2. The van der Waals surface area contributed by atoms with Crippen LogP contribution in [0.5, 0.6) is 46.0 Å². The van der Waals surface area contributed by atoms with Gasteiger partial charge in [-0.2, -0.15) is 0 Å². The Morgan fingerprint density at radius 2 is 0.376 bits per heavy atom. The maximum absolute atomic E-state index is 6.18. The van der Waals surface area contributed by atoms with E-state index in [1.54, 1.807) is 0 Å². The minimum Gasteiger partial charge on any atom is -0.488 e. The second-order valence-electron chi connectivity index (χ2n) is 25.1. The molecule has 4 aromatic carbocycles. The molecule has 0 fully saturated rings. The Balaban J connectivity index is 0.000000573. The first-order chi connectivity index (χ1) is 39.9. The quantitative estimate of drug-likeness (QED) is 0.0421. The molecule has 0 saturated carbocycles. The molecular weight excluding hydrogens is 1090 g/mol. The van der Waals surface area contributed by atoms with E-state index in [1.165, 1.54) is 22.3 Å². The van der Waals surface area contributed by atoms with Gasteiger partial charge < -0.3 is 77.1 Å². The van der Waals surface area contributed by atoms with E-state index in [2.05, 4.69) is 252 Å². The van der Waals surface area contributed by atoms with Crippen molar-refractivity contribution in [2.45, 2.75) is 53.4 Å². The predicted molar refractivity (Wildman–Crippen MR) is 357 cm³/mol. The molecule has 0 heterocycles. The SMILES string of the molecule is C[C@H](Cc1ccc(OCCN(C)C)c(OCCN(C)C)c1)[C@@H](C)Cc1ccc(OCCN(C)C)c(OCCN(C)C)c1.C[C@H](Cc1ccc(OCCN(C)C)c(OCCN(C)C)c1)[C@@H](C)Cc1ccc(OCCN(C)C)c(OCCN(C)C)c1.Cl. The lowest BCUT2D eigenvalue weighted by atomic mass is 9.85. The number of benzene rings is 4. The largest absolute Gasteiger partial charge is 0.488 e. The first-order valence-corrected chi connectivity index (χ1v) is 30.6. The van der Waals surface area contributed by atoms with Crippen LogP contribution in [-0.2, 0) is 25.7 Å². The molecule has 17 heteroatoms. The Bertz CT molecular complexity index is 2070. The van der Waals surface area contributed by atoms with Crippen LogP contribution in [0.4, 0.5) is 0 Å². The Hall–Kier alpha value is -4.75. The third kappa shape index (κ3) is 33.3. The van der Waals surface area contributed by atoms with Gasteiger partial charge in [0.15, 0.2) is 46.0 Å². The molecule has 0 N–H and O–H groups in total. The highest BCUT2D eigenvalue weighted by Gasteiger charge is 2.20. The molecular formula is C68H117ClN8O8. The summed E-state index contributed by atoms with van der Waals surface area (Å²) in [5.74, 6) is 8.50. The number of nitrogens with zero attached hydrogens (tertiary/aromatic N) is 8. The van der Waals surface area contributed by atoms with E-state index >= 15 is 0 Å². The molecule has 0 spiro atoms. The molecule has 0 aliphatic rings. The van der Waals surface area contributed by atoms with Gasteiger partial charge in [0.05, 0.1) is 0 Å². The summed E-state index contributed by atoms with van der Waals surface area (Å²) in [4.78, 5) is 17.0. The summed E-state index contributed by atoms with van der Waals surface area (Å²) in [6.07, 6.45) is 3.89. The molecule has 0 aliphatic heterocycles. The van der Waals surface area contributed by atoms with E-state index in [0.717, 1.165) is 124 Å². The zero-order valence-electron chi connectivity index (χ0n) is 56.6. The first-order valence-electron chi connectivity index (χ1n) is 30.6. The highest BCUT2D eigenvalue weighted by atomic mass is 35.5. The summed E-state index contributed by atoms with van der Waals surface area (Å²) >= 11 is 0. The van der Waals surface area contributed by atoms with Crippen molar-refractivity contribution in [3.05, 3.63) is 95.1 Å². The third-order valence-electron chi connectivity index (χ3n) is 14.6. The van der Waals surface area contributed by atoms with Crippen molar-refractivity contribution in [3.63, 3.8) is 0 Å². The highest BCUT2D eigenvalue weighted by Crippen LogP contribution is 2.35. The van der Waals surface area contributed by atoms with Crippen molar-refractivity contribution in [2.24, 2.45) is 23.7 Å². The van der Waals surface area contributed by atoms with Crippen LogP contribution in [0.3, 0.4) is 0 Å². The summed E-state index contributed by atoms with van der Waals surface area (Å²) < 4.78 is 49.1. The number of likely N-dealkylation sites (N-methyl/N-ethyl adjacent to an activating group) is 8. The van der Waals surface area contributed by atoms with Gasteiger partial charge in [-0.15, -0.1) is 12.4 Å². The van der Waals surface area contributed by atoms with Gasteiger partial charge in [-0.25, -0.2) is 0 Å². The van der Waals surface area contributed by atoms with Crippen LogP contribution in [0, 0.1) is 23.7 Å². The van der Waals surface area contributed by atoms with Gasteiger partial charge in [-0.05, 0) is 233 Å². The molecule has 0 aliphatic carbocycles. The lowest BCUT2D eigenvalue weighted by Gasteiger charge is -2.22.